The molecule has 0 amide bonds. The van der Waals surface area contributed by atoms with Gasteiger partial charge in [-0.3, -0.25) is 0 Å². The van der Waals surface area contributed by atoms with E-state index in [1.807, 2.05) is 0 Å². The highest BCUT2D eigenvalue weighted by Gasteiger charge is 2.62. The minimum absolute atomic E-state index is 0.0722. The van der Waals surface area contributed by atoms with E-state index < -0.39 is 0 Å². The van der Waals surface area contributed by atoms with Crippen molar-refractivity contribution in [3.63, 3.8) is 0 Å². The molecule has 0 spiro atoms. The number of hydrogen-bond donors (Lipinski definition) is 2. The Kier molecular flexibility index (Phi) is 7.21. The zero-order valence-corrected chi connectivity index (χ0v) is 29.0. The molecular formula is C40H64N2O2. The molecule has 0 radical (unpaired) electrons. The third kappa shape index (κ3) is 4.20. The van der Waals surface area contributed by atoms with Crippen LogP contribution in [0.2, 0.25) is 0 Å². The quantitative estimate of drug-likeness (QED) is 0.293. The van der Waals surface area contributed by atoms with E-state index in [0.717, 1.165) is 73.0 Å². The van der Waals surface area contributed by atoms with E-state index in [1.54, 1.807) is 0 Å². The molecule has 8 rings (SSSR count). The molecule has 246 valence electrons. The minimum Gasteiger partial charge on any atom is -0.393 e. The first-order valence-corrected chi connectivity index (χ1v) is 19.4. The molecule has 4 nitrogen and oxygen atoms in total. The number of aliphatic hydroxyl groups excluding tert-OH is 2. The lowest BCUT2D eigenvalue weighted by molar-refractivity contribution is -0.116. The summed E-state index contributed by atoms with van der Waals surface area (Å²) in [6.07, 6.45) is 19.8. The molecule has 0 aliphatic heterocycles. The molecule has 0 aromatic carbocycles. The molecule has 0 aromatic heterocycles. The van der Waals surface area contributed by atoms with Gasteiger partial charge in [-0.25, -0.2) is 0 Å². The van der Waals surface area contributed by atoms with Gasteiger partial charge in [-0.2, -0.15) is 10.2 Å². The molecule has 16 atom stereocenters. The highest BCUT2D eigenvalue weighted by molar-refractivity contribution is 5.91. The van der Waals surface area contributed by atoms with Crippen LogP contribution in [-0.2, 0) is 0 Å². The highest BCUT2D eigenvalue weighted by Crippen LogP contribution is 2.68. The Balaban J connectivity index is 0.970. The van der Waals surface area contributed by atoms with Crippen LogP contribution in [0, 0.1) is 80.8 Å². The first-order chi connectivity index (χ1) is 20.9. The largest absolute Gasteiger partial charge is 0.393 e. The second-order valence-corrected chi connectivity index (χ2v) is 19.4. The van der Waals surface area contributed by atoms with E-state index in [1.165, 1.54) is 88.5 Å². The Morgan fingerprint density at radius 1 is 0.500 bits per heavy atom. The fraction of sp³-hybridized carbons (Fsp3) is 0.950. The number of fused-ring (bicyclic) bond motifs is 10. The van der Waals surface area contributed by atoms with Crippen molar-refractivity contribution in [2.45, 2.75) is 156 Å². The Hall–Kier alpha value is -0.740. The summed E-state index contributed by atoms with van der Waals surface area (Å²) in [5.41, 5.74) is 3.99. The molecule has 0 unspecified atom stereocenters. The smallest absolute Gasteiger partial charge is 0.0596 e. The van der Waals surface area contributed by atoms with Gasteiger partial charge in [0.1, 0.15) is 0 Å². The molecule has 0 saturated heterocycles. The fourth-order valence-corrected chi connectivity index (χ4v) is 15.2. The van der Waals surface area contributed by atoms with Crippen LogP contribution < -0.4 is 0 Å². The van der Waals surface area contributed by atoms with Crippen LogP contribution in [0.4, 0.5) is 0 Å². The normalized spacial score (nSPS) is 60.2. The summed E-state index contributed by atoms with van der Waals surface area (Å²) in [5.74, 6) is 7.34. The number of aliphatic hydroxyl groups is 2. The predicted molar refractivity (Wildman–Crippen MR) is 179 cm³/mol. The predicted octanol–water partition coefficient (Wildman–Crippen LogP) is 9.08. The lowest BCUT2D eigenvalue weighted by Crippen LogP contribution is -2.55. The van der Waals surface area contributed by atoms with Gasteiger partial charge in [0.15, 0.2) is 0 Å². The van der Waals surface area contributed by atoms with Gasteiger partial charge >= 0.3 is 0 Å². The van der Waals surface area contributed by atoms with Crippen molar-refractivity contribution in [1.29, 1.82) is 0 Å². The SMILES string of the molecule is C[C@H]1C[C@@]2(C)[C@@H](CC[C@@H]3[C@@H]2CC[C@]2(C)[C@@H](O)CC[C@@H]32)C/C1=N/N=C1\C[C@@H]2CC[C@H]3[C@H](CC[C@]4(C)[C@@H](O)CC[C@@H]34)[C@@]2(C)C[C@@H]1C. The maximum Gasteiger partial charge on any atom is 0.0596 e. The second kappa shape index (κ2) is 10.4. The molecule has 8 saturated carbocycles. The standard InChI is InChI=1S/C40H64N2O2/c1-23-21-39(5)25(7-9-27-29-11-13-35(43)37(29,3)17-15-31(27)39)19-33(23)41-42-34-20-26-8-10-28-30-12-14-36(44)38(30,4)18-16-32(28)40(26,6)22-24(34)2/h23-32,35-36,43-44H,7-22H2,1-6H3/b41-33-,42-34+/t23-,24-,25-,26-,27-,28+,29-,30-,31-,32-,35-,36-,37-,38-,39-,40-/m0/s1. The maximum absolute atomic E-state index is 10.9. The summed E-state index contributed by atoms with van der Waals surface area (Å²) in [5, 5.41) is 32.1. The van der Waals surface area contributed by atoms with Gasteiger partial charge in [0.05, 0.1) is 12.2 Å². The van der Waals surface area contributed by atoms with E-state index in [2.05, 4.69) is 41.5 Å². The average Bonchev–Trinajstić information content (AvgIpc) is 3.46. The summed E-state index contributed by atoms with van der Waals surface area (Å²) in [7, 11) is 0. The molecule has 44 heavy (non-hydrogen) atoms. The topological polar surface area (TPSA) is 65.2 Å². The first-order valence-electron chi connectivity index (χ1n) is 19.4. The fourth-order valence-electron chi connectivity index (χ4n) is 15.2. The van der Waals surface area contributed by atoms with Gasteiger partial charge in [0, 0.05) is 11.4 Å². The Labute approximate surface area is 268 Å². The van der Waals surface area contributed by atoms with E-state index in [-0.39, 0.29) is 23.0 Å². The molecular weight excluding hydrogens is 540 g/mol. The van der Waals surface area contributed by atoms with Gasteiger partial charge < -0.3 is 10.2 Å². The monoisotopic (exact) mass is 604 g/mol. The van der Waals surface area contributed by atoms with Crippen LogP contribution in [0.15, 0.2) is 10.2 Å². The molecule has 8 aliphatic rings. The molecule has 0 aromatic rings. The van der Waals surface area contributed by atoms with Gasteiger partial charge in [0.2, 0.25) is 0 Å². The van der Waals surface area contributed by atoms with Gasteiger partial charge in [-0.05, 0) is 184 Å². The van der Waals surface area contributed by atoms with E-state index >= 15 is 0 Å². The molecule has 2 N–H and O–H groups in total. The maximum atomic E-state index is 10.9. The Bertz CT molecular complexity index is 1120. The molecule has 0 bridgehead atoms. The van der Waals surface area contributed by atoms with Crippen molar-refractivity contribution in [3.05, 3.63) is 0 Å². The molecule has 8 fully saturated rings. The Morgan fingerprint density at radius 2 is 0.886 bits per heavy atom. The second-order valence-electron chi connectivity index (χ2n) is 19.4. The van der Waals surface area contributed by atoms with E-state index in [0.29, 0.717) is 22.7 Å². The number of nitrogens with zero attached hydrogens (tertiary/aromatic N) is 2. The molecule has 0 heterocycles. The van der Waals surface area contributed by atoms with Crippen LogP contribution in [0.5, 0.6) is 0 Å². The summed E-state index contributed by atoms with van der Waals surface area (Å²) < 4.78 is 0. The van der Waals surface area contributed by atoms with Gasteiger partial charge in [-0.15, -0.1) is 0 Å². The van der Waals surface area contributed by atoms with Gasteiger partial charge in [-0.1, -0.05) is 41.5 Å². The van der Waals surface area contributed by atoms with E-state index in [9.17, 15) is 10.2 Å². The van der Waals surface area contributed by atoms with Crippen LogP contribution in [-0.4, -0.2) is 33.8 Å². The van der Waals surface area contributed by atoms with Crippen molar-refractivity contribution in [2.24, 2.45) is 91.0 Å². The summed E-state index contributed by atoms with van der Waals surface area (Å²) >= 11 is 0. The summed E-state index contributed by atoms with van der Waals surface area (Å²) in [6, 6.07) is 0. The van der Waals surface area contributed by atoms with Crippen molar-refractivity contribution in [1.82, 2.24) is 0 Å². The average molecular weight is 605 g/mol. The van der Waals surface area contributed by atoms with Crippen molar-refractivity contribution in [2.75, 3.05) is 0 Å². The van der Waals surface area contributed by atoms with Gasteiger partial charge in [0.25, 0.3) is 0 Å². The minimum atomic E-state index is -0.0722. The lowest BCUT2D eigenvalue weighted by Gasteiger charge is -2.61. The summed E-state index contributed by atoms with van der Waals surface area (Å²) in [6.45, 7) is 15.1. The molecule has 4 heteroatoms. The van der Waals surface area contributed by atoms with E-state index in [4.69, 9.17) is 10.2 Å². The number of rotatable bonds is 1. The van der Waals surface area contributed by atoms with Crippen LogP contribution >= 0.6 is 0 Å². The molecule has 8 aliphatic carbocycles. The zero-order valence-electron chi connectivity index (χ0n) is 29.0. The third-order valence-electron chi connectivity index (χ3n) is 17.9. The first kappa shape index (κ1) is 30.6. The number of hydrogen-bond acceptors (Lipinski definition) is 4. The summed E-state index contributed by atoms with van der Waals surface area (Å²) in [4.78, 5) is 0. The highest BCUT2D eigenvalue weighted by atomic mass is 16.3. The lowest BCUT2D eigenvalue weighted by atomic mass is 9.44. The van der Waals surface area contributed by atoms with Crippen molar-refractivity contribution in [3.8, 4) is 0 Å². The Morgan fingerprint density at radius 3 is 1.30 bits per heavy atom. The van der Waals surface area contributed by atoms with Crippen LogP contribution in [0.25, 0.3) is 0 Å². The van der Waals surface area contributed by atoms with Crippen molar-refractivity contribution < 1.29 is 10.2 Å². The van der Waals surface area contributed by atoms with Crippen LogP contribution in [0.3, 0.4) is 0 Å². The zero-order chi connectivity index (χ0) is 30.8. The van der Waals surface area contributed by atoms with Crippen molar-refractivity contribution >= 4 is 11.4 Å². The third-order valence-corrected chi connectivity index (χ3v) is 17.9. The van der Waals surface area contributed by atoms with Crippen LogP contribution in [0.1, 0.15) is 144 Å².